The van der Waals surface area contributed by atoms with Gasteiger partial charge in [0.05, 0.1) is 6.61 Å². The summed E-state index contributed by atoms with van der Waals surface area (Å²) in [5, 5.41) is 3.28. The lowest BCUT2D eigenvalue weighted by atomic mass is 10.1. The summed E-state index contributed by atoms with van der Waals surface area (Å²) in [5.74, 6) is 1.13. The highest BCUT2D eigenvalue weighted by Gasteiger charge is 2.05. The summed E-state index contributed by atoms with van der Waals surface area (Å²) >= 11 is 0. The Hall–Kier alpha value is -1.09. The second-order valence-corrected chi connectivity index (χ2v) is 4.21. The van der Waals surface area contributed by atoms with Gasteiger partial charge >= 0.3 is 0 Å². The highest BCUT2D eigenvalue weighted by Crippen LogP contribution is 2.19. The van der Waals surface area contributed by atoms with Gasteiger partial charge in [-0.2, -0.15) is 0 Å². The van der Waals surface area contributed by atoms with Gasteiger partial charge in [0, 0.05) is 12.1 Å². The Balaban J connectivity index is 2.64. The lowest BCUT2D eigenvalue weighted by molar-refractivity contribution is 0.334. The Morgan fingerprint density at radius 1 is 1.38 bits per heavy atom. The van der Waals surface area contributed by atoms with Crippen LogP contribution in [0.3, 0.4) is 0 Å². The molecule has 2 nitrogen and oxygen atoms in total. The first kappa shape index (κ1) is 13.0. The first-order valence-electron chi connectivity index (χ1n) is 5.75. The smallest absolute Gasteiger partial charge is 0.123 e. The number of hydrogen-bond donors (Lipinski definition) is 1. The summed E-state index contributed by atoms with van der Waals surface area (Å²) in [7, 11) is 0. The molecular formula is C13H20FNO. The highest BCUT2D eigenvalue weighted by atomic mass is 19.1. The summed E-state index contributed by atoms with van der Waals surface area (Å²) < 4.78 is 18.5. The lowest BCUT2D eigenvalue weighted by Gasteiger charge is -2.12. The van der Waals surface area contributed by atoms with Crippen LogP contribution in [0.5, 0.6) is 5.75 Å². The number of hydrogen-bond acceptors (Lipinski definition) is 2. The van der Waals surface area contributed by atoms with Gasteiger partial charge in [-0.3, -0.25) is 0 Å². The maximum atomic E-state index is 13.1. The lowest BCUT2D eigenvalue weighted by Crippen LogP contribution is -2.19. The first-order valence-corrected chi connectivity index (χ1v) is 5.75. The van der Waals surface area contributed by atoms with Crippen molar-refractivity contribution < 1.29 is 9.13 Å². The average molecular weight is 225 g/mol. The number of benzene rings is 1. The molecule has 0 aliphatic heterocycles. The molecule has 0 aromatic heterocycles. The van der Waals surface area contributed by atoms with Crippen LogP contribution in [0, 0.1) is 11.7 Å². The summed E-state index contributed by atoms with van der Waals surface area (Å²) in [4.78, 5) is 0. The van der Waals surface area contributed by atoms with Crippen LogP contribution in [0.1, 0.15) is 26.3 Å². The Kier molecular flexibility index (Phi) is 5.26. The zero-order valence-corrected chi connectivity index (χ0v) is 10.2. The topological polar surface area (TPSA) is 21.3 Å². The van der Waals surface area contributed by atoms with Crippen molar-refractivity contribution in [2.45, 2.75) is 27.3 Å². The zero-order valence-electron chi connectivity index (χ0n) is 10.2. The molecule has 0 radical (unpaired) electrons. The van der Waals surface area contributed by atoms with Crippen LogP contribution in [0.25, 0.3) is 0 Å². The summed E-state index contributed by atoms with van der Waals surface area (Å²) in [5.41, 5.74) is 0.877. The third-order valence-corrected chi connectivity index (χ3v) is 2.19. The Bertz CT molecular complexity index is 326. The fourth-order valence-corrected chi connectivity index (χ4v) is 1.48. The molecule has 0 unspecified atom stereocenters. The molecule has 0 fully saturated rings. The standard InChI is InChI=1S/C13H20FNO/c1-4-16-13-6-5-12(14)7-11(13)9-15-8-10(2)3/h5-7,10,15H,4,8-9H2,1-3H3. The van der Waals surface area contributed by atoms with Crippen LogP contribution in [-0.2, 0) is 6.54 Å². The van der Waals surface area contributed by atoms with Crippen molar-refractivity contribution in [1.82, 2.24) is 5.32 Å². The molecule has 0 amide bonds. The quantitative estimate of drug-likeness (QED) is 0.803. The summed E-state index contributed by atoms with van der Waals surface area (Å²) in [6, 6.07) is 4.64. The van der Waals surface area contributed by atoms with Gasteiger partial charge < -0.3 is 10.1 Å². The summed E-state index contributed by atoms with van der Waals surface area (Å²) in [6.07, 6.45) is 0. The van der Waals surface area contributed by atoms with E-state index in [1.54, 1.807) is 6.07 Å². The normalized spacial score (nSPS) is 10.8. The largest absolute Gasteiger partial charge is 0.494 e. The SMILES string of the molecule is CCOc1ccc(F)cc1CNCC(C)C. The van der Waals surface area contributed by atoms with E-state index in [1.165, 1.54) is 12.1 Å². The van der Waals surface area contributed by atoms with Crippen LogP contribution in [0.4, 0.5) is 4.39 Å². The number of rotatable bonds is 6. The van der Waals surface area contributed by atoms with E-state index in [4.69, 9.17) is 4.74 Å². The van der Waals surface area contributed by atoms with Gasteiger partial charge in [-0.1, -0.05) is 13.8 Å². The van der Waals surface area contributed by atoms with Crippen LogP contribution in [0.15, 0.2) is 18.2 Å². The Morgan fingerprint density at radius 2 is 2.12 bits per heavy atom. The summed E-state index contributed by atoms with van der Waals surface area (Å²) in [6.45, 7) is 8.37. The first-order chi connectivity index (χ1) is 7.63. The van der Waals surface area contributed by atoms with E-state index in [9.17, 15) is 4.39 Å². The molecule has 3 heteroatoms. The van der Waals surface area contributed by atoms with Crippen LogP contribution >= 0.6 is 0 Å². The third kappa shape index (κ3) is 4.19. The van der Waals surface area contributed by atoms with E-state index in [1.807, 2.05) is 6.92 Å². The molecule has 0 aliphatic carbocycles. The molecule has 0 atom stereocenters. The zero-order chi connectivity index (χ0) is 12.0. The molecule has 0 spiro atoms. The molecule has 90 valence electrons. The highest BCUT2D eigenvalue weighted by molar-refractivity contribution is 5.33. The predicted octanol–water partition coefficient (Wildman–Crippen LogP) is 2.97. The minimum atomic E-state index is -0.218. The van der Waals surface area contributed by atoms with Gasteiger partial charge in [0.1, 0.15) is 11.6 Å². The van der Waals surface area contributed by atoms with Crippen LogP contribution < -0.4 is 10.1 Å². The van der Waals surface area contributed by atoms with Crippen molar-refractivity contribution in [2.24, 2.45) is 5.92 Å². The predicted molar refractivity (Wildman–Crippen MR) is 64.1 cm³/mol. The van der Waals surface area contributed by atoms with Gasteiger partial charge in [-0.05, 0) is 37.6 Å². The van der Waals surface area contributed by atoms with Gasteiger partial charge in [-0.25, -0.2) is 4.39 Å². The minimum Gasteiger partial charge on any atom is -0.494 e. The molecule has 0 bridgehead atoms. The average Bonchev–Trinajstić information content (AvgIpc) is 2.21. The van der Waals surface area contributed by atoms with Crippen molar-refractivity contribution in [3.8, 4) is 5.75 Å². The number of ether oxygens (including phenoxy) is 1. The minimum absolute atomic E-state index is 0.218. The fraction of sp³-hybridized carbons (Fsp3) is 0.538. The van der Waals surface area contributed by atoms with Gasteiger partial charge in [-0.15, -0.1) is 0 Å². The van der Waals surface area contributed by atoms with Gasteiger partial charge in [0.15, 0.2) is 0 Å². The second-order valence-electron chi connectivity index (χ2n) is 4.21. The molecule has 0 saturated heterocycles. The molecule has 1 rings (SSSR count). The van der Waals surface area contributed by atoms with Crippen molar-refractivity contribution in [3.05, 3.63) is 29.6 Å². The molecule has 0 saturated carbocycles. The van der Waals surface area contributed by atoms with E-state index in [2.05, 4.69) is 19.2 Å². The van der Waals surface area contributed by atoms with Gasteiger partial charge in [0.25, 0.3) is 0 Å². The van der Waals surface area contributed by atoms with Crippen LogP contribution in [0.2, 0.25) is 0 Å². The van der Waals surface area contributed by atoms with E-state index >= 15 is 0 Å². The van der Waals surface area contributed by atoms with E-state index < -0.39 is 0 Å². The monoisotopic (exact) mass is 225 g/mol. The van der Waals surface area contributed by atoms with Crippen molar-refractivity contribution in [1.29, 1.82) is 0 Å². The molecule has 1 N–H and O–H groups in total. The van der Waals surface area contributed by atoms with E-state index in [0.29, 0.717) is 19.1 Å². The Labute approximate surface area is 96.8 Å². The van der Waals surface area contributed by atoms with Crippen molar-refractivity contribution in [2.75, 3.05) is 13.2 Å². The third-order valence-electron chi connectivity index (χ3n) is 2.19. The molecular weight excluding hydrogens is 205 g/mol. The van der Waals surface area contributed by atoms with E-state index in [0.717, 1.165) is 17.9 Å². The fourth-order valence-electron chi connectivity index (χ4n) is 1.48. The maximum Gasteiger partial charge on any atom is 0.123 e. The molecule has 0 heterocycles. The molecule has 1 aromatic rings. The van der Waals surface area contributed by atoms with Crippen LogP contribution in [-0.4, -0.2) is 13.2 Å². The van der Waals surface area contributed by atoms with E-state index in [-0.39, 0.29) is 5.82 Å². The molecule has 0 aliphatic rings. The Morgan fingerprint density at radius 3 is 2.75 bits per heavy atom. The number of nitrogens with one attached hydrogen (secondary N) is 1. The van der Waals surface area contributed by atoms with Crippen molar-refractivity contribution in [3.63, 3.8) is 0 Å². The van der Waals surface area contributed by atoms with Crippen molar-refractivity contribution >= 4 is 0 Å². The second kappa shape index (κ2) is 6.48. The molecule has 1 aromatic carbocycles. The molecule has 16 heavy (non-hydrogen) atoms. The van der Waals surface area contributed by atoms with Gasteiger partial charge in [0.2, 0.25) is 0 Å². The maximum absolute atomic E-state index is 13.1. The number of halogens is 1.